The van der Waals surface area contributed by atoms with Gasteiger partial charge in [0.25, 0.3) is 0 Å². The van der Waals surface area contributed by atoms with E-state index in [1.54, 1.807) is 170 Å². The van der Waals surface area contributed by atoms with E-state index in [4.69, 9.17) is 18.9 Å². The molecular weight excluding hydrogens is 889 g/mol. The van der Waals surface area contributed by atoms with Gasteiger partial charge in [0.15, 0.2) is 0 Å². The van der Waals surface area contributed by atoms with Crippen molar-refractivity contribution in [3.63, 3.8) is 0 Å². The van der Waals surface area contributed by atoms with E-state index < -0.39 is 0 Å². The fraction of sp³-hybridized carbons (Fsp3) is 0.190. The largest absolute Gasteiger partial charge is 0.462 e. The van der Waals surface area contributed by atoms with Crippen LogP contribution in [0.4, 0.5) is 0 Å². The van der Waals surface area contributed by atoms with Crippen molar-refractivity contribution in [2.75, 3.05) is 26.4 Å². The molecule has 0 N–H and O–H groups in total. The average molecular weight is 925 g/mol. The van der Waals surface area contributed by atoms with Gasteiger partial charge in [0.2, 0.25) is 0 Å². The van der Waals surface area contributed by atoms with Crippen LogP contribution in [0.25, 0.3) is 0 Å². The number of carbonyl (C=O) groups is 4. The van der Waals surface area contributed by atoms with Crippen LogP contribution in [0.3, 0.4) is 0 Å². The highest BCUT2D eigenvalue weighted by atomic mass is 32.3. The summed E-state index contributed by atoms with van der Waals surface area (Å²) in [5.41, 5.74) is 2.00. The van der Waals surface area contributed by atoms with Gasteiger partial charge in [0, 0.05) is 19.6 Å². The van der Waals surface area contributed by atoms with Crippen LogP contribution in [0.5, 0.6) is 0 Å². The molecule has 8 nitrogen and oxygen atoms in total. The highest BCUT2D eigenvalue weighted by molar-refractivity contribution is 8.45. The van der Waals surface area contributed by atoms with Gasteiger partial charge >= 0.3 is 23.9 Å². The predicted octanol–water partition coefficient (Wildman–Crippen LogP) is 13.2. The summed E-state index contributed by atoms with van der Waals surface area (Å²) in [6.45, 7) is 8.38. The quantitative estimate of drug-likeness (QED) is 0.0785. The fourth-order valence-corrected chi connectivity index (χ4v) is 16.3. The number of hydrogen-bond donors (Lipinski definition) is 0. The molecule has 2 aliphatic heterocycles. The van der Waals surface area contributed by atoms with Crippen molar-refractivity contribution in [1.82, 2.24) is 0 Å². The van der Waals surface area contributed by atoms with Crippen molar-refractivity contribution in [2.45, 2.75) is 47.3 Å². The molecule has 4 aromatic rings. The van der Waals surface area contributed by atoms with Gasteiger partial charge in [0.1, 0.15) is 0 Å². The molecule has 0 fully saturated rings. The smallest absolute Gasteiger partial charge is 0.338 e. The number of rotatable bonds is 16. The molecule has 4 aromatic carbocycles. The van der Waals surface area contributed by atoms with Gasteiger partial charge in [-0.05, 0) is 125 Å². The highest BCUT2D eigenvalue weighted by Crippen LogP contribution is 2.68. The van der Waals surface area contributed by atoms with Crippen molar-refractivity contribution < 1.29 is 38.1 Å². The van der Waals surface area contributed by atoms with Crippen LogP contribution in [-0.2, 0) is 18.9 Å². The van der Waals surface area contributed by atoms with Gasteiger partial charge in [-0.1, -0.05) is 94.1 Å². The normalized spacial score (nSPS) is 13.9. The van der Waals surface area contributed by atoms with Crippen LogP contribution in [0, 0.1) is 0 Å². The molecular formula is C42H36O8S8. The third-order valence-electron chi connectivity index (χ3n) is 7.55. The minimum atomic E-state index is -0.353. The van der Waals surface area contributed by atoms with Crippen LogP contribution in [0.2, 0.25) is 0 Å². The van der Waals surface area contributed by atoms with Crippen molar-refractivity contribution in [3.05, 3.63) is 145 Å². The van der Waals surface area contributed by atoms with E-state index in [0.717, 1.165) is 45.0 Å². The number of esters is 4. The third kappa shape index (κ3) is 12.0. The Morgan fingerprint density at radius 3 is 0.724 bits per heavy atom. The number of hydrogen-bond acceptors (Lipinski definition) is 16. The molecule has 0 aliphatic carbocycles. The van der Waals surface area contributed by atoms with Crippen molar-refractivity contribution in [3.8, 4) is 0 Å². The molecule has 0 atom stereocenters. The average Bonchev–Trinajstić information content (AvgIpc) is 3.82. The maximum Gasteiger partial charge on any atom is 0.338 e. The van der Waals surface area contributed by atoms with E-state index >= 15 is 0 Å². The zero-order chi connectivity index (χ0) is 41.0. The van der Waals surface area contributed by atoms with Crippen LogP contribution < -0.4 is 0 Å². The second-order valence-electron chi connectivity index (χ2n) is 11.5. The number of carbonyl (C=O) groups excluding carboxylic acids is 4. The lowest BCUT2D eigenvalue weighted by molar-refractivity contribution is 0.0516. The molecule has 58 heavy (non-hydrogen) atoms. The number of ether oxygens (including phenoxy) is 4. The Kier molecular flexibility index (Phi) is 16.7. The second-order valence-corrected chi connectivity index (χ2v) is 21.5. The zero-order valence-corrected chi connectivity index (χ0v) is 38.1. The van der Waals surface area contributed by atoms with E-state index in [0.29, 0.717) is 48.7 Å². The Morgan fingerprint density at radius 1 is 0.362 bits per heavy atom. The highest BCUT2D eigenvalue weighted by Gasteiger charge is 2.32. The Labute approximate surface area is 371 Å². The van der Waals surface area contributed by atoms with Gasteiger partial charge in [-0.25, -0.2) is 19.2 Å². The molecule has 0 saturated heterocycles. The first-order valence-electron chi connectivity index (χ1n) is 17.9. The Morgan fingerprint density at radius 2 is 0.552 bits per heavy atom. The summed E-state index contributed by atoms with van der Waals surface area (Å²) in [6, 6.07) is 29.7. The minimum absolute atomic E-state index is 0.309. The van der Waals surface area contributed by atoms with Crippen LogP contribution >= 0.6 is 94.1 Å². The Hall–Kier alpha value is -3.22. The van der Waals surface area contributed by atoms with Gasteiger partial charge in [0.05, 0.1) is 74.1 Å². The molecule has 0 bridgehead atoms. The molecule has 0 saturated carbocycles. The molecule has 0 aromatic heterocycles. The van der Waals surface area contributed by atoms with E-state index in [-0.39, 0.29) is 23.9 Å². The molecule has 300 valence electrons. The molecule has 0 unspecified atom stereocenters. The van der Waals surface area contributed by atoms with E-state index in [2.05, 4.69) is 0 Å². The number of benzene rings is 4. The molecule has 0 radical (unpaired) electrons. The Bertz CT molecular complexity index is 1920. The maximum atomic E-state index is 12.3. The molecule has 6 rings (SSSR count). The lowest BCUT2D eigenvalue weighted by atomic mass is 10.2. The SMILES string of the molecule is CCOC(=O)c1ccc(SC2=C(Sc3ccc(C(=O)OCC)cc3)SC(=C3SC(Sc4ccc(C(=O)OCC)cc4)=C(Sc4ccc(C(=O)OCC)cc4)S3)S2)cc1. The molecule has 0 spiro atoms. The minimum Gasteiger partial charge on any atom is -0.462 e. The second kappa shape index (κ2) is 21.9. The van der Waals surface area contributed by atoms with Gasteiger partial charge in [-0.2, -0.15) is 0 Å². The van der Waals surface area contributed by atoms with E-state index in [1.807, 2.05) is 48.5 Å². The summed E-state index contributed by atoms with van der Waals surface area (Å²) in [4.78, 5) is 53.2. The van der Waals surface area contributed by atoms with Gasteiger partial charge in [-0.15, -0.1) is 0 Å². The van der Waals surface area contributed by atoms with Crippen LogP contribution in [0.15, 0.2) is 142 Å². The summed E-state index contributed by atoms with van der Waals surface area (Å²) >= 11 is 13.4. The summed E-state index contributed by atoms with van der Waals surface area (Å²) in [5.74, 6) is -1.41. The topological polar surface area (TPSA) is 105 Å². The Balaban J connectivity index is 1.28. The summed E-state index contributed by atoms with van der Waals surface area (Å²) in [5, 5.41) is 0. The first-order chi connectivity index (χ1) is 28.2. The lowest BCUT2D eigenvalue weighted by Crippen LogP contribution is -2.03. The van der Waals surface area contributed by atoms with E-state index in [1.165, 1.54) is 0 Å². The summed E-state index contributed by atoms with van der Waals surface area (Å²) in [6.07, 6.45) is 0. The summed E-state index contributed by atoms with van der Waals surface area (Å²) < 4.78 is 27.4. The van der Waals surface area contributed by atoms with Crippen molar-refractivity contribution in [2.24, 2.45) is 0 Å². The van der Waals surface area contributed by atoms with Crippen molar-refractivity contribution in [1.29, 1.82) is 0 Å². The summed E-state index contributed by atoms with van der Waals surface area (Å²) in [7, 11) is 0. The third-order valence-corrected chi connectivity index (χ3v) is 18.8. The first-order valence-corrected chi connectivity index (χ1v) is 24.4. The molecule has 2 heterocycles. The van der Waals surface area contributed by atoms with E-state index in [9.17, 15) is 19.2 Å². The zero-order valence-electron chi connectivity index (χ0n) is 31.6. The first kappa shape index (κ1) is 44.3. The monoisotopic (exact) mass is 924 g/mol. The van der Waals surface area contributed by atoms with Gasteiger partial charge < -0.3 is 18.9 Å². The van der Waals surface area contributed by atoms with Crippen LogP contribution in [-0.4, -0.2) is 50.3 Å². The fourth-order valence-electron chi connectivity index (χ4n) is 4.88. The molecule has 2 aliphatic rings. The molecule has 16 heteroatoms. The van der Waals surface area contributed by atoms with Gasteiger partial charge in [-0.3, -0.25) is 0 Å². The molecule has 0 amide bonds. The van der Waals surface area contributed by atoms with Crippen LogP contribution in [0.1, 0.15) is 69.1 Å². The maximum absolute atomic E-state index is 12.3. The standard InChI is InChI=1S/C42H36O8S8/c1-5-47-33(43)25-9-17-29(18-10-25)51-37-38(52-30-19-11-26(12-20-30)34(44)48-6-2)56-41(55-37)42-57-39(53-31-21-13-27(14-22-31)35(45)49-7-3)40(58-42)54-32-23-15-28(16-24-32)36(46)50-8-4/h9-24H,5-8H2,1-4H3. The number of thioether (sulfide) groups is 8. The lowest BCUT2D eigenvalue weighted by Gasteiger charge is -2.07. The predicted molar refractivity (Wildman–Crippen MR) is 244 cm³/mol. The van der Waals surface area contributed by atoms with Crippen molar-refractivity contribution >= 4 is 118 Å².